The normalized spacial score (nSPS) is 10.4. The molecule has 0 saturated carbocycles. The van der Waals surface area contributed by atoms with E-state index in [1.165, 1.54) is 24.5 Å². The molecule has 1 aromatic heterocycles. The van der Waals surface area contributed by atoms with Crippen molar-refractivity contribution in [2.24, 2.45) is 0 Å². The van der Waals surface area contributed by atoms with E-state index in [2.05, 4.69) is 0 Å². The largest absolute Gasteiger partial charge is 0.477 e. The van der Waals surface area contributed by atoms with Gasteiger partial charge >= 0.3 is 5.97 Å². The Bertz CT molecular complexity index is 649. The molecule has 0 aliphatic carbocycles. The Morgan fingerprint density at radius 1 is 1.37 bits per heavy atom. The lowest BCUT2D eigenvalue weighted by molar-refractivity contribution is -0.388. The summed E-state index contributed by atoms with van der Waals surface area (Å²) in [7, 11) is 0. The maximum absolute atomic E-state index is 11.1. The molecule has 6 nitrogen and oxygen atoms in total. The van der Waals surface area contributed by atoms with Gasteiger partial charge in [0.15, 0.2) is 0 Å². The van der Waals surface area contributed by atoms with E-state index in [1.807, 2.05) is 0 Å². The number of hydrogen-bond donors (Lipinski definition) is 1. The molecular weight excluding hydrogens is 270 g/mol. The first-order chi connectivity index (χ1) is 9.00. The number of aromatic carboxylic acids is 1. The van der Waals surface area contributed by atoms with E-state index in [1.54, 1.807) is 13.0 Å². The molecule has 0 saturated heterocycles. The number of carbonyl (C=O) groups is 1. The van der Waals surface area contributed by atoms with Crippen molar-refractivity contribution in [3.63, 3.8) is 0 Å². The molecule has 0 fully saturated rings. The van der Waals surface area contributed by atoms with E-state index < -0.39 is 16.6 Å². The van der Waals surface area contributed by atoms with Crippen LogP contribution in [0, 0.1) is 17.0 Å². The van der Waals surface area contributed by atoms with Gasteiger partial charge in [-0.25, -0.2) is 4.79 Å². The SMILES string of the molecule is Cc1occc1Sc1cccc(C(=O)O)c1[N+](=O)[O-]. The van der Waals surface area contributed by atoms with E-state index in [4.69, 9.17) is 9.52 Å². The molecule has 0 amide bonds. The molecule has 0 unspecified atom stereocenters. The molecule has 98 valence electrons. The average Bonchev–Trinajstić information content (AvgIpc) is 2.74. The molecule has 0 aliphatic heterocycles. The van der Waals surface area contributed by atoms with Gasteiger partial charge in [0.2, 0.25) is 0 Å². The first kappa shape index (κ1) is 13.2. The number of para-hydroxylation sites is 1. The number of hydrogen-bond acceptors (Lipinski definition) is 5. The topological polar surface area (TPSA) is 93.6 Å². The van der Waals surface area contributed by atoms with Gasteiger partial charge in [-0.3, -0.25) is 10.1 Å². The summed E-state index contributed by atoms with van der Waals surface area (Å²) in [6, 6.07) is 5.89. The molecule has 1 N–H and O–H groups in total. The van der Waals surface area contributed by atoms with Crippen LogP contribution in [-0.4, -0.2) is 16.0 Å². The lowest BCUT2D eigenvalue weighted by Crippen LogP contribution is -2.03. The number of furan rings is 1. The molecule has 2 aromatic rings. The van der Waals surface area contributed by atoms with Crippen molar-refractivity contribution in [3.05, 3.63) is 52.0 Å². The van der Waals surface area contributed by atoms with Crippen LogP contribution in [0.2, 0.25) is 0 Å². The van der Waals surface area contributed by atoms with Crippen LogP contribution in [0.5, 0.6) is 0 Å². The summed E-state index contributed by atoms with van der Waals surface area (Å²) in [4.78, 5) is 22.4. The molecule has 19 heavy (non-hydrogen) atoms. The fourth-order valence-corrected chi connectivity index (χ4v) is 2.54. The minimum atomic E-state index is -1.32. The highest BCUT2D eigenvalue weighted by atomic mass is 32.2. The number of rotatable bonds is 4. The third-order valence-corrected chi connectivity index (χ3v) is 3.64. The quantitative estimate of drug-likeness (QED) is 0.681. The minimum absolute atomic E-state index is 0.273. The second-order valence-corrected chi connectivity index (χ2v) is 4.74. The van der Waals surface area contributed by atoms with Gasteiger partial charge in [-0.2, -0.15) is 0 Å². The van der Waals surface area contributed by atoms with Crippen molar-refractivity contribution in [1.82, 2.24) is 0 Å². The van der Waals surface area contributed by atoms with Crippen LogP contribution >= 0.6 is 11.8 Å². The second kappa shape index (κ2) is 5.15. The maximum atomic E-state index is 11.1. The fourth-order valence-electron chi connectivity index (χ4n) is 1.56. The third-order valence-electron chi connectivity index (χ3n) is 2.44. The van der Waals surface area contributed by atoms with E-state index in [0.29, 0.717) is 10.7 Å². The minimum Gasteiger partial charge on any atom is -0.477 e. The van der Waals surface area contributed by atoms with Gasteiger partial charge in [0.1, 0.15) is 11.3 Å². The fraction of sp³-hybridized carbons (Fsp3) is 0.0833. The number of nitro benzene ring substituents is 1. The number of nitrogens with zero attached hydrogens (tertiary/aromatic N) is 1. The Hall–Kier alpha value is -2.28. The highest BCUT2D eigenvalue weighted by Gasteiger charge is 2.25. The Morgan fingerprint density at radius 2 is 2.11 bits per heavy atom. The molecule has 0 atom stereocenters. The van der Waals surface area contributed by atoms with Crippen LogP contribution in [0.3, 0.4) is 0 Å². The zero-order valence-corrected chi connectivity index (χ0v) is 10.6. The monoisotopic (exact) mass is 279 g/mol. The van der Waals surface area contributed by atoms with Crippen molar-refractivity contribution in [3.8, 4) is 0 Å². The first-order valence-corrected chi connectivity index (χ1v) is 6.05. The highest BCUT2D eigenvalue weighted by molar-refractivity contribution is 7.99. The van der Waals surface area contributed by atoms with Crippen LogP contribution in [0.25, 0.3) is 0 Å². The molecule has 0 aliphatic rings. The summed E-state index contributed by atoms with van der Waals surface area (Å²) in [6.45, 7) is 1.73. The average molecular weight is 279 g/mol. The van der Waals surface area contributed by atoms with Gasteiger partial charge in [-0.05, 0) is 25.1 Å². The molecule has 7 heteroatoms. The van der Waals surface area contributed by atoms with E-state index in [9.17, 15) is 14.9 Å². The van der Waals surface area contributed by atoms with Crippen molar-refractivity contribution in [2.45, 2.75) is 16.7 Å². The Morgan fingerprint density at radius 3 is 2.63 bits per heavy atom. The van der Waals surface area contributed by atoms with Gasteiger partial charge < -0.3 is 9.52 Å². The number of carboxylic acids is 1. The van der Waals surface area contributed by atoms with Gasteiger partial charge in [0.05, 0.1) is 21.0 Å². The highest BCUT2D eigenvalue weighted by Crippen LogP contribution is 2.38. The number of nitro groups is 1. The zero-order valence-electron chi connectivity index (χ0n) is 9.82. The number of carboxylic acid groups (broad SMARTS) is 1. The molecule has 1 aromatic carbocycles. The molecule has 0 bridgehead atoms. The first-order valence-electron chi connectivity index (χ1n) is 5.23. The van der Waals surface area contributed by atoms with Crippen LogP contribution in [0.1, 0.15) is 16.1 Å². The zero-order chi connectivity index (χ0) is 14.0. The molecule has 2 rings (SSSR count). The van der Waals surface area contributed by atoms with E-state index in [0.717, 1.165) is 11.8 Å². The molecule has 0 spiro atoms. The summed E-state index contributed by atoms with van der Waals surface area (Å²) in [5.74, 6) is -0.696. The van der Waals surface area contributed by atoms with Crippen molar-refractivity contribution in [2.75, 3.05) is 0 Å². The third kappa shape index (κ3) is 2.60. The molecule has 0 radical (unpaired) electrons. The lowest BCUT2D eigenvalue weighted by Gasteiger charge is -2.04. The van der Waals surface area contributed by atoms with Gasteiger partial charge in [0.25, 0.3) is 5.69 Å². The maximum Gasteiger partial charge on any atom is 0.342 e. The van der Waals surface area contributed by atoms with Crippen LogP contribution < -0.4 is 0 Å². The smallest absolute Gasteiger partial charge is 0.342 e. The summed E-state index contributed by atoms with van der Waals surface area (Å²) in [5, 5.41) is 20.1. The summed E-state index contributed by atoms with van der Waals surface area (Å²) in [5.41, 5.74) is -0.725. The van der Waals surface area contributed by atoms with Crippen molar-refractivity contribution < 1.29 is 19.2 Å². The van der Waals surface area contributed by atoms with E-state index >= 15 is 0 Å². The molecular formula is C12H9NO5S. The number of aryl methyl sites for hydroxylation is 1. The Labute approximate surface area is 112 Å². The molecule has 1 heterocycles. The summed E-state index contributed by atoms with van der Waals surface area (Å²) < 4.78 is 5.11. The van der Waals surface area contributed by atoms with Gasteiger partial charge in [-0.15, -0.1) is 0 Å². The number of benzene rings is 1. The Balaban J connectivity index is 2.51. The Kier molecular flexibility index (Phi) is 3.57. The van der Waals surface area contributed by atoms with Crippen molar-refractivity contribution >= 4 is 23.4 Å². The van der Waals surface area contributed by atoms with Crippen molar-refractivity contribution in [1.29, 1.82) is 0 Å². The second-order valence-electron chi connectivity index (χ2n) is 3.66. The van der Waals surface area contributed by atoms with Crippen LogP contribution in [0.15, 0.2) is 44.7 Å². The van der Waals surface area contributed by atoms with Gasteiger partial charge in [0, 0.05) is 0 Å². The summed E-state index contributed by atoms with van der Waals surface area (Å²) >= 11 is 1.11. The van der Waals surface area contributed by atoms with Crippen LogP contribution in [0.4, 0.5) is 5.69 Å². The van der Waals surface area contributed by atoms with Crippen LogP contribution in [-0.2, 0) is 0 Å². The van der Waals surface area contributed by atoms with Gasteiger partial charge in [-0.1, -0.05) is 17.8 Å². The predicted molar refractivity (Wildman–Crippen MR) is 67.6 cm³/mol. The summed E-state index contributed by atoms with van der Waals surface area (Å²) in [6.07, 6.45) is 1.48. The predicted octanol–water partition coefficient (Wildman–Crippen LogP) is 3.35. The lowest BCUT2D eigenvalue weighted by atomic mass is 10.2. The standard InChI is InChI=1S/C12H9NO5S/c1-7-9(5-6-18-7)19-10-4-2-3-8(12(14)15)11(10)13(16)17/h2-6H,1H3,(H,14,15). The van der Waals surface area contributed by atoms with E-state index in [-0.39, 0.29) is 10.5 Å².